The van der Waals surface area contributed by atoms with Crippen molar-refractivity contribution in [2.45, 2.75) is 0 Å². The van der Waals surface area contributed by atoms with Gasteiger partial charge < -0.3 is 4.84 Å². The molecule has 1 aromatic rings. The lowest BCUT2D eigenvalue weighted by Gasteiger charge is -2.02. The van der Waals surface area contributed by atoms with E-state index in [1.165, 1.54) is 17.0 Å². The molecule has 2 N–H and O–H groups in total. The van der Waals surface area contributed by atoms with Gasteiger partial charge in [-0.15, -0.1) is 0 Å². The Morgan fingerprint density at radius 3 is 2.33 bits per heavy atom. The highest BCUT2D eigenvalue weighted by molar-refractivity contribution is 7.83. The van der Waals surface area contributed by atoms with Crippen molar-refractivity contribution >= 4 is 10.3 Å². The standard InChI is InChI=1S/C6H7NO4S/c8-12(9,10)7-11-6-4-2-1-3-5-6/h1-5,7H,(H,8,9,10). The van der Waals surface area contributed by atoms with Gasteiger partial charge in [-0.25, -0.2) is 0 Å². The minimum Gasteiger partial charge on any atom is -0.392 e. The molecule has 0 aliphatic heterocycles. The average molecular weight is 189 g/mol. The third-order valence-corrected chi connectivity index (χ3v) is 1.30. The summed E-state index contributed by atoms with van der Waals surface area (Å²) in [6.07, 6.45) is 0. The zero-order valence-corrected chi connectivity index (χ0v) is 6.78. The van der Waals surface area contributed by atoms with Gasteiger partial charge in [-0.3, -0.25) is 4.55 Å². The first kappa shape index (κ1) is 8.98. The molecule has 0 unspecified atom stereocenters. The van der Waals surface area contributed by atoms with Crippen LogP contribution in [-0.4, -0.2) is 13.0 Å². The summed E-state index contributed by atoms with van der Waals surface area (Å²) in [6, 6.07) is 8.17. The van der Waals surface area contributed by atoms with Crippen molar-refractivity contribution in [1.82, 2.24) is 4.89 Å². The van der Waals surface area contributed by atoms with Crippen molar-refractivity contribution in [1.29, 1.82) is 0 Å². The van der Waals surface area contributed by atoms with Crippen LogP contribution >= 0.6 is 0 Å². The summed E-state index contributed by atoms with van der Waals surface area (Å²) >= 11 is 0. The Morgan fingerprint density at radius 2 is 1.83 bits per heavy atom. The molecule has 0 aliphatic rings. The second-order valence-electron chi connectivity index (χ2n) is 1.97. The SMILES string of the molecule is O=S(=O)(O)NOc1ccccc1. The first-order valence-corrected chi connectivity index (χ1v) is 4.48. The molecular weight excluding hydrogens is 182 g/mol. The molecule has 0 atom stereocenters. The van der Waals surface area contributed by atoms with Crippen LogP contribution in [0.25, 0.3) is 0 Å². The van der Waals surface area contributed by atoms with E-state index in [1.807, 2.05) is 0 Å². The van der Waals surface area contributed by atoms with Crippen LogP contribution in [-0.2, 0) is 10.3 Å². The van der Waals surface area contributed by atoms with E-state index < -0.39 is 10.3 Å². The Labute approximate surface area is 69.8 Å². The number of benzene rings is 1. The highest BCUT2D eigenvalue weighted by Crippen LogP contribution is 2.06. The van der Waals surface area contributed by atoms with Crippen LogP contribution in [0.3, 0.4) is 0 Å². The number of hydrogen-bond acceptors (Lipinski definition) is 3. The fourth-order valence-corrected chi connectivity index (χ4v) is 0.791. The van der Waals surface area contributed by atoms with Gasteiger partial charge in [0.25, 0.3) is 0 Å². The van der Waals surface area contributed by atoms with Crippen LogP contribution < -0.4 is 9.72 Å². The number of hydrogen-bond donors (Lipinski definition) is 2. The Kier molecular flexibility index (Phi) is 2.64. The van der Waals surface area contributed by atoms with E-state index in [-0.39, 0.29) is 0 Å². The van der Waals surface area contributed by atoms with Crippen molar-refractivity contribution in [2.24, 2.45) is 0 Å². The summed E-state index contributed by atoms with van der Waals surface area (Å²) in [5.41, 5.74) is 0. The van der Waals surface area contributed by atoms with Gasteiger partial charge in [-0.2, -0.15) is 8.42 Å². The fourth-order valence-electron chi connectivity index (χ4n) is 0.589. The fraction of sp³-hybridized carbons (Fsp3) is 0. The largest absolute Gasteiger partial charge is 0.392 e. The summed E-state index contributed by atoms with van der Waals surface area (Å²) < 4.78 is 28.5. The third kappa shape index (κ3) is 3.33. The van der Waals surface area contributed by atoms with E-state index in [9.17, 15) is 8.42 Å². The van der Waals surface area contributed by atoms with Crippen molar-refractivity contribution in [2.75, 3.05) is 0 Å². The van der Waals surface area contributed by atoms with Crippen molar-refractivity contribution < 1.29 is 17.8 Å². The summed E-state index contributed by atoms with van der Waals surface area (Å²) in [4.78, 5) is 5.95. The van der Waals surface area contributed by atoms with Gasteiger partial charge in [0, 0.05) is 0 Å². The monoisotopic (exact) mass is 189 g/mol. The molecule has 66 valence electrons. The van der Waals surface area contributed by atoms with E-state index in [1.54, 1.807) is 18.2 Å². The maximum atomic E-state index is 10.1. The minimum atomic E-state index is -4.29. The second kappa shape index (κ2) is 3.53. The molecule has 0 heterocycles. The topological polar surface area (TPSA) is 75.6 Å². The molecule has 6 heteroatoms. The van der Waals surface area contributed by atoms with Crippen LogP contribution in [0.15, 0.2) is 30.3 Å². The molecule has 12 heavy (non-hydrogen) atoms. The van der Waals surface area contributed by atoms with Crippen LogP contribution in [0, 0.1) is 0 Å². The smallest absolute Gasteiger partial charge is 0.364 e. The third-order valence-electron chi connectivity index (χ3n) is 1.01. The predicted octanol–water partition coefficient (Wildman–Crippen LogP) is 0.373. The number of nitrogens with one attached hydrogen (secondary N) is 1. The van der Waals surface area contributed by atoms with Crippen molar-refractivity contribution in [3.05, 3.63) is 30.3 Å². The molecule has 0 aliphatic carbocycles. The Bertz CT molecular complexity index is 334. The zero-order chi connectivity index (χ0) is 9.03. The van der Waals surface area contributed by atoms with Gasteiger partial charge in [0.2, 0.25) is 0 Å². The Balaban J connectivity index is 2.56. The number of rotatable bonds is 3. The summed E-state index contributed by atoms with van der Waals surface area (Å²) in [5.74, 6) is 0.301. The molecule has 0 saturated carbocycles. The summed E-state index contributed by atoms with van der Waals surface area (Å²) in [5, 5.41) is 0. The van der Waals surface area contributed by atoms with Crippen LogP contribution in [0.2, 0.25) is 0 Å². The van der Waals surface area contributed by atoms with Crippen LogP contribution in [0.1, 0.15) is 0 Å². The molecule has 0 fully saturated rings. The Hall–Kier alpha value is -1.11. The molecule has 0 aromatic heterocycles. The maximum Gasteiger partial charge on any atom is 0.364 e. The lowest BCUT2D eigenvalue weighted by atomic mass is 10.3. The molecule has 0 amide bonds. The van der Waals surface area contributed by atoms with Crippen molar-refractivity contribution in [3.8, 4) is 5.75 Å². The molecule has 0 spiro atoms. The van der Waals surface area contributed by atoms with Gasteiger partial charge in [-0.05, 0) is 17.0 Å². The highest BCUT2D eigenvalue weighted by Gasteiger charge is 2.02. The summed E-state index contributed by atoms with van der Waals surface area (Å²) in [7, 11) is -4.29. The van der Waals surface area contributed by atoms with Gasteiger partial charge in [0.05, 0.1) is 0 Å². The lowest BCUT2D eigenvalue weighted by molar-refractivity contribution is 0.251. The van der Waals surface area contributed by atoms with E-state index in [0.717, 1.165) is 0 Å². The van der Waals surface area contributed by atoms with Crippen LogP contribution in [0.5, 0.6) is 5.75 Å². The number of para-hydroxylation sites is 1. The average Bonchev–Trinajstić information content (AvgIpc) is 2.02. The molecule has 0 bridgehead atoms. The normalized spacial score (nSPS) is 11.1. The molecule has 1 aromatic carbocycles. The summed E-state index contributed by atoms with van der Waals surface area (Å²) in [6.45, 7) is 0. The van der Waals surface area contributed by atoms with E-state index in [2.05, 4.69) is 4.84 Å². The highest BCUT2D eigenvalue weighted by atomic mass is 32.2. The first-order valence-electron chi connectivity index (χ1n) is 3.04. The Morgan fingerprint density at radius 1 is 1.25 bits per heavy atom. The van der Waals surface area contributed by atoms with E-state index >= 15 is 0 Å². The lowest BCUT2D eigenvalue weighted by Crippen LogP contribution is -2.25. The van der Waals surface area contributed by atoms with Gasteiger partial charge in [-0.1, -0.05) is 18.2 Å². The predicted molar refractivity (Wildman–Crippen MR) is 41.8 cm³/mol. The van der Waals surface area contributed by atoms with Gasteiger partial charge >= 0.3 is 10.3 Å². The molecule has 0 saturated heterocycles. The van der Waals surface area contributed by atoms with E-state index in [4.69, 9.17) is 4.55 Å². The molecule has 0 radical (unpaired) electrons. The molecule has 1 rings (SSSR count). The quantitative estimate of drug-likeness (QED) is 0.532. The molecular formula is C6H7NO4S. The van der Waals surface area contributed by atoms with E-state index in [0.29, 0.717) is 5.75 Å². The van der Waals surface area contributed by atoms with Gasteiger partial charge in [0.1, 0.15) is 5.75 Å². The second-order valence-corrected chi connectivity index (χ2v) is 3.09. The maximum absolute atomic E-state index is 10.1. The van der Waals surface area contributed by atoms with Crippen molar-refractivity contribution in [3.63, 3.8) is 0 Å². The van der Waals surface area contributed by atoms with Gasteiger partial charge in [0.15, 0.2) is 0 Å². The molecule has 5 nitrogen and oxygen atoms in total. The minimum absolute atomic E-state index is 0.301. The van der Waals surface area contributed by atoms with Crippen LogP contribution in [0.4, 0.5) is 0 Å². The first-order chi connectivity index (χ1) is 5.58. The zero-order valence-electron chi connectivity index (χ0n) is 5.97.